The van der Waals surface area contributed by atoms with Gasteiger partial charge in [0, 0.05) is 15.6 Å². The van der Waals surface area contributed by atoms with Crippen LogP contribution in [0.1, 0.15) is 24.2 Å². The summed E-state index contributed by atoms with van der Waals surface area (Å²) < 4.78 is 14.5. The van der Waals surface area contributed by atoms with Gasteiger partial charge in [0.2, 0.25) is 0 Å². The standard InChI is InChI=1S/C17H20O6S/c1-16(2)13(17(16,14(19)22-4)15(20)23-5)24-11-9-7-6-8-10(11)12(18)21-3/h6-9,13H,1-5H3. The summed E-state index contributed by atoms with van der Waals surface area (Å²) in [6, 6.07) is 6.90. The molecule has 1 unspecified atom stereocenters. The maximum absolute atomic E-state index is 12.4. The third kappa shape index (κ3) is 2.47. The van der Waals surface area contributed by atoms with Crippen LogP contribution in [0.4, 0.5) is 0 Å². The molecular weight excluding hydrogens is 332 g/mol. The SMILES string of the molecule is COC(=O)c1ccccc1SC1C(C)(C)C1(C(=O)OC)C(=O)OC. The Bertz CT molecular complexity index is 665. The normalized spacial score (nSPS) is 20.0. The topological polar surface area (TPSA) is 78.9 Å². The van der Waals surface area contributed by atoms with Gasteiger partial charge in [-0.2, -0.15) is 0 Å². The average Bonchev–Trinajstić information content (AvgIpc) is 3.09. The van der Waals surface area contributed by atoms with Gasteiger partial charge in [-0.05, 0) is 12.1 Å². The molecule has 1 aliphatic rings. The minimum absolute atomic E-state index is 0.385. The molecule has 0 heterocycles. The third-order valence-corrected chi connectivity index (χ3v) is 6.32. The van der Waals surface area contributed by atoms with Gasteiger partial charge >= 0.3 is 17.9 Å². The number of esters is 3. The van der Waals surface area contributed by atoms with E-state index < -0.39 is 34.0 Å². The molecule has 0 radical (unpaired) electrons. The Kier molecular flexibility index (Phi) is 4.94. The highest BCUT2D eigenvalue weighted by Gasteiger charge is 2.82. The maximum atomic E-state index is 12.4. The number of methoxy groups -OCH3 is 3. The largest absolute Gasteiger partial charge is 0.468 e. The zero-order valence-corrected chi connectivity index (χ0v) is 15.1. The van der Waals surface area contributed by atoms with Gasteiger partial charge in [-0.1, -0.05) is 26.0 Å². The lowest BCUT2D eigenvalue weighted by Gasteiger charge is -2.14. The summed E-state index contributed by atoms with van der Waals surface area (Å²) in [6.45, 7) is 3.61. The summed E-state index contributed by atoms with van der Waals surface area (Å²) in [5.74, 6) is -1.74. The van der Waals surface area contributed by atoms with Crippen LogP contribution in [-0.2, 0) is 23.8 Å². The molecule has 0 N–H and O–H groups in total. The van der Waals surface area contributed by atoms with Gasteiger partial charge in [0.1, 0.15) is 0 Å². The predicted octanol–water partition coefficient (Wildman–Crippen LogP) is 2.31. The van der Waals surface area contributed by atoms with Crippen LogP contribution in [0.25, 0.3) is 0 Å². The Morgan fingerprint density at radius 2 is 1.50 bits per heavy atom. The number of rotatable bonds is 5. The van der Waals surface area contributed by atoms with E-state index in [1.54, 1.807) is 38.1 Å². The fourth-order valence-corrected chi connectivity index (χ4v) is 4.85. The highest BCUT2D eigenvalue weighted by atomic mass is 32.2. The second-order valence-corrected chi connectivity index (χ2v) is 7.15. The number of thioether (sulfide) groups is 1. The van der Waals surface area contributed by atoms with Crippen LogP contribution in [0, 0.1) is 10.8 Å². The van der Waals surface area contributed by atoms with Crippen molar-refractivity contribution in [3.8, 4) is 0 Å². The van der Waals surface area contributed by atoms with Crippen molar-refractivity contribution in [2.24, 2.45) is 10.8 Å². The molecule has 1 aliphatic carbocycles. The van der Waals surface area contributed by atoms with E-state index in [9.17, 15) is 14.4 Å². The number of hydrogen-bond acceptors (Lipinski definition) is 7. The minimum atomic E-state index is -1.40. The Morgan fingerprint density at radius 1 is 0.958 bits per heavy atom. The van der Waals surface area contributed by atoms with E-state index in [4.69, 9.17) is 14.2 Å². The fourth-order valence-electron chi connectivity index (χ4n) is 3.07. The van der Waals surface area contributed by atoms with Gasteiger partial charge in [-0.15, -0.1) is 11.8 Å². The van der Waals surface area contributed by atoms with Gasteiger partial charge in [0.05, 0.1) is 26.9 Å². The molecule has 0 saturated heterocycles. The third-order valence-electron chi connectivity index (χ3n) is 4.53. The van der Waals surface area contributed by atoms with Gasteiger partial charge < -0.3 is 14.2 Å². The number of carbonyl (C=O) groups is 3. The van der Waals surface area contributed by atoms with E-state index in [0.29, 0.717) is 10.5 Å². The van der Waals surface area contributed by atoms with E-state index in [1.165, 1.54) is 33.1 Å². The summed E-state index contributed by atoms with van der Waals surface area (Å²) in [6.07, 6.45) is 0. The smallest absolute Gasteiger partial charge is 0.338 e. The zero-order chi connectivity index (χ0) is 18.1. The summed E-state index contributed by atoms with van der Waals surface area (Å²) in [7, 11) is 3.79. The molecule has 2 rings (SSSR count). The molecule has 7 heteroatoms. The van der Waals surface area contributed by atoms with Gasteiger partial charge in [0.15, 0.2) is 5.41 Å². The van der Waals surface area contributed by atoms with Gasteiger partial charge in [0.25, 0.3) is 0 Å². The molecule has 0 aromatic heterocycles. The lowest BCUT2D eigenvalue weighted by Crippen LogP contribution is -2.34. The highest BCUT2D eigenvalue weighted by molar-refractivity contribution is 8.00. The van der Waals surface area contributed by atoms with E-state index in [1.807, 2.05) is 0 Å². The number of ether oxygens (including phenoxy) is 3. The molecular formula is C17H20O6S. The molecule has 1 fully saturated rings. The summed E-state index contributed by atoms with van der Waals surface area (Å²) in [5, 5.41) is -0.421. The summed E-state index contributed by atoms with van der Waals surface area (Å²) >= 11 is 1.28. The van der Waals surface area contributed by atoms with Crippen LogP contribution >= 0.6 is 11.8 Å². The van der Waals surface area contributed by atoms with Crippen molar-refractivity contribution in [1.29, 1.82) is 0 Å². The van der Waals surface area contributed by atoms with Crippen molar-refractivity contribution in [3.63, 3.8) is 0 Å². The van der Waals surface area contributed by atoms with Crippen molar-refractivity contribution < 1.29 is 28.6 Å². The Balaban J connectivity index is 2.42. The van der Waals surface area contributed by atoms with E-state index >= 15 is 0 Å². The second kappa shape index (κ2) is 6.47. The molecule has 0 bridgehead atoms. The van der Waals surface area contributed by atoms with Crippen LogP contribution in [-0.4, -0.2) is 44.5 Å². The first kappa shape index (κ1) is 18.3. The number of carbonyl (C=O) groups excluding carboxylic acids is 3. The Hall–Kier alpha value is -2.02. The Labute approximate surface area is 144 Å². The van der Waals surface area contributed by atoms with Crippen molar-refractivity contribution in [2.75, 3.05) is 21.3 Å². The summed E-state index contributed by atoms with van der Waals surface area (Å²) in [4.78, 5) is 37.3. The molecule has 1 aromatic rings. The number of hydrogen-bond donors (Lipinski definition) is 0. The molecule has 24 heavy (non-hydrogen) atoms. The maximum Gasteiger partial charge on any atom is 0.338 e. The molecule has 0 aliphatic heterocycles. The molecule has 6 nitrogen and oxygen atoms in total. The van der Waals surface area contributed by atoms with Crippen LogP contribution in [0.3, 0.4) is 0 Å². The van der Waals surface area contributed by atoms with Crippen molar-refractivity contribution >= 4 is 29.7 Å². The van der Waals surface area contributed by atoms with Crippen LogP contribution in [0.2, 0.25) is 0 Å². The molecule has 1 atom stereocenters. The van der Waals surface area contributed by atoms with E-state index in [-0.39, 0.29) is 0 Å². The zero-order valence-electron chi connectivity index (χ0n) is 14.2. The summed E-state index contributed by atoms with van der Waals surface area (Å²) in [5.41, 5.74) is -1.69. The molecule has 0 amide bonds. The number of benzene rings is 1. The quantitative estimate of drug-likeness (QED) is 0.457. The fraction of sp³-hybridized carbons (Fsp3) is 0.471. The highest BCUT2D eigenvalue weighted by Crippen LogP contribution is 2.71. The van der Waals surface area contributed by atoms with Gasteiger partial charge in [-0.25, -0.2) is 4.79 Å². The van der Waals surface area contributed by atoms with Crippen molar-refractivity contribution in [3.05, 3.63) is 29.8 Å². The first-order chi connectivity index (χ1) is 11.3. The lowest BCUT2D eigenvalue weighted by atomic mass is 9.96. The molecule has 1 saturated carbocycles. The van der Waals surface area contributed by atoms with E-state index in [0.717, 1.165) is 0 Å². The second-order valence-electron chi connectivity index (χ2n) is 6.00. The molecule has 130 valence electrons. The van der Waals surface area contributed by atoms with E-state index in [2.05, 4.69) is 0 Å². The van der Waals surface area contributed by atoms with Crippen LogP contribution in [0.5, 0.6) is 0 Å². The Morgan fingerprint density at radius 3 is 2.00 bits per heavy atom. The van der Waals surface area contributed by atoms with Crippen molar-refractivity contribution in [1.82, 2.24) is 0 Å². The monoisotopic (exact) mass is 352 g/mol. The first-order valence-corrected chi connectivity index (χ1v) is 8.17. The minimum Gasteiger partial charge on any atom is -0.468 e. The lowest BCUT2D eigenvalue weighted by molar-refractivity contribution is -0.163. The average molecular weight is 352 g/mol. The first-order valence-electron chi connectivity index (χ1n) is 7.29. The van der Waals surface area contributed by atoms with Crippen LogP contribution in [0.15, 0.2) is 29.2 Å². The van der Waals surface area contributed by atoms with Gasteiger partial charge in [-0.3, -0.25) is 9.59 Å². The van der Waals surface area contributed by atoms with Crippen LogP contribution < -0.4 is 0 Å². The molecule has 0 spiro atoms. The molecule has 1 aromatic carbocycles. The van der Waals surface area contributed by atoms with Crippen molar-refractivity contribution in [2.45, 2.75) is 24.0 Å². The predicted molar refractivity (Wildman–Crippen MR) is 87.7 cm³/mol.